The summed E-state index contributed by atoms with van der Waals surface area (Å²) in [6.45, 7) is 0.405. The molecule has 0 fully saturated rings. The smallest absolute Gasteiger partial charge is 0.295 e. The van der Waals surface area contributed by atoms with Gasteiger partial charge in [0.2, 0.25) is 0 Å². The average molecular weight is 434 g/mol. The number of carbonyl (C=O) groups excluding carboxylic acids is 1. The molecule has 2 aromatic heterocycles. The Hall–Kier alpha value is -4.27. The largest absolute Gasteiger partial charge is 0.496 e. The molecule has 4 rings (SSSR count). The van der Waals surface area contributed by atoms with Crippen molar-refractivity contribution in [3.05, 3.63) is 66.0 Å². The second-order valence-electron chi connectivity index (χ2n) is 6.70. The lowest BCUT2D eigenvalue weighted by atomic mass is 10.1. The third kappa shape index (κ3) is 4.41. The highest BCUT2D eigenvalue weighted by atomic mass is 16.5. The van der Waals surface area contributed by atoms with Gasteiger partial charge in [0.05, 0.1) is 26.3 Å². The summed E-state index contributed by atoms with van der Waals surface area (Å²) in [5.41, 5.74) is 2.35. The second-order valence-corrected chi connectivity index (χ2v) is 6.70. The van der Waals surface area contributed by atoms with E-state index in [1.165, 1.54) is 6.20 Å². The number of fused-ring (bicyclic) bond motifs is 1. The number of ether oxygens (including phenoxy) is 3. The Labute approximate surface area is 184 Å². The van der Waals surface area contributed by atoms with E-state index >= 15 is 0 Å². The number of methoxy groups -OCH3 is 2. The van der Waals surface area contributed by atoms with Gasteiger partial charge in [-0.1, -0.05) is 6.07 Å². The number of hydrogen-bond donors (Lipinski definition) is 2. The number of pyridine rings is 1. The van der Waals surface area contributed by atoms with Crippen LogP contribution in [-0.2, 0) is 6.54 Å². The van der Waals surface area contributed by atoms with Crippen molar-refractivity contribution in [2.45, 2.75) is 6.54 Å². The number of oxazole rings is 1. The van der Waals surface area contributed by atoms with E-state index in [2.05, 4.69) is 20.6 Å². The van der Waals surface area contributed by atoms with E-state index in [0.29, 0.717) is 46.7 Å². The van der Waals surface area contributed by atoms with Crippen LogP contribution in [-0.4, -0.2) is 37.1 Å². The molecule has 0 aliphatic carbocycles. The summed E-state index contributed by atoms with van der Waals surface area (Å²) >= 11 is 0. The highest BCUT2D eigenvalue weighted by Crippen LogP contribution is 2.31. The first-order valence-corrected chi connectivity index (χ1v) is 9.81. The number of carbonyl (C=O) groups is 1. The Bertz CT molecular complexity index is 1230. The Morgan fingerprint density at radius 1 is 1.03 bits per heavy atom. The molecule has 0 atom stereocenters. The molecule has 0 unspecified atom stereocenters. The standard InChI is InChI=1S/C23H22N4O5/c1-24-22(28)18-11-15(9-10-25-18)31-14-7-8-17-21(12-14)32-23(27-17)26-13-16-19(29-2)5-4-6-20(16)30-3/h4-12H,13H2,1-3H3,(H,24,28)(H,26,27). The predicted octanol–water partition coefficient (Wildman–Crippen LogP) is 4.00. The molecule has 9 heteroatoms. The second kappa shape index (κ2) is 9.25. The number of hydrogen-bond acceptors (Lipinski definition) is 8. The van der Waals surface area contributed by atoms with E-state index in [1.807, 2.05) is 18.2 Å². The maximum atomic E-state index is 11.8. The van der Waals surface area contributed by atoms with Crippen LogP contribution in [0.15, 0.2) is 59.1 Å². The molecule has 0 aliphatic heterocycles. The zero-order valence-corrected chi connectivity index (χ0v) is 17.8. The normalized spacial score (nSPS) is 10.6. The van der Waals surface area contributed by atoms with Crippen LogP contribution in [0.5, 0.6) is 23.0 Å². The first kappa shape index (κ1) is 21.0. The molecule has 2 N–H and O–H groups in total. The Balaban J connectivity index is 1.51. The van der Waals surface area contributed by atoms with Crippen LogP contribution >= 0.6 is 0 Å². The van der Waals surface area contributed by atoms with Gasteiger partial charge in [-0.15, -0.1) is 0 Å². The molecule has 0 bridgehead atoms. The summed E-state index contributed by atoms with van der Waals surface area (Å²) in [7, 11) is 4.77. The number of aromatic nitrogens is 2. The first-order valence-electron chi connectivity index (χ1n) is 9.81. The van der Waals surface area contributed by atoms with Crippen LogP contribution < -0.4 is 24.8 Å². The molecule has 2 aromatic carbocycles. The van der Waals surface area contributed by atoms with Gasteiger partial charge in [-0.05, 0) is 30.3 Å². The lowest BCUT2D eigenvalue weighted by Crippen LogP contribution is -2.18. The van der Waals surface area contributed by atoms with Crippen LogP contribution in [0.3, 0.4) is 0 Å². The van der Waals surface area contributed by atoms with Crippen molar-refractivity contribution in [3.63, 3.8) is 0 Å². The zero-order valence-electron chi connectivity index (χ0n) is 17.8. The van der Waals surface area contributed by atoms with Crippen molar-refractivity contribution in [3.8, 4) is 23.0 Å². The summed E-state index contributed by atoms with van der Waals surface area (Å²) in [4.78, 5) is 20.3. The molecule has 0 spiro atoms. The number of benzene rings is 2. The minimum atomic E-state index is -0.288. The van der Waals surface area contributed by atoms with Gasteiger partial charge in [0.15, 0.2) is 5.58 Å². The van der Waals surface area contributed by atoms with Gasteiger partial charge < -0.3 is 29.3 Å². The fourth-order valence-electron chi connectivity index (χ4n) is 3.17. The molecular weight excluding hydrogens is 412 g/mol. The molecule has 4 aromatic rings. The first-order chi connectivity index (χ1) is 15.6. The monoisotopic (exact) mass is 434 g/mol. The lowest BCUT2D eigenvalue weighted by Gasteiger charge is -2.12. The summed E-state index contributed by atoms with van der Waals surface area (Å²) in [6, 6.07) is 14.5. The molecule has 0 radical (unpaired) electrons. The van der Waals surface area contributed by atoms with Crippen LogP contribution in [0, 0.1) is 0 Å². The highest BCUT2D eigenvalue weighted by Gasteiger charge is 2.13. The minimum Gasteiger partial charge on any atom is -0.496 e. The molecule has 164 valence electrons. The molecule has 2 heterocycles. The van der Waals surface area contributed by atoms with Crippen molar-refractivity contribution < 1.29 is 23.4 Å². The molecule has 0 aliphatic rings. The molecule has 32 heavy (non-hydrogen) atoms. The van der Waals surface area contributed by atoms with Crippen molar-refractivity contribution in [2.24, 2.45) is 0 Å². The minimum absolute atomic E-state index is 0.268. The molecule has 9 nitrogen and oxygen atoms in total. The maximum absolute atomic E-state index is 11.8. The van der Waals surface area contributed by atoms with E-state index < -0.39 is 0 Å². The molecule has 0 saturated heterocycles. The Kier molecular flexibility index (Phi) is 6.07. The van der Waals surface area contributed by atoms with E-state index in [0.717, 1.165) is 5.56 Å². The molecule has 0 saturated carbocycles. The van der Waals surface area contributed by atoms with E-state index in [1.54, 1.807) is 51.6 Å². The van der Waals surface area contributed by atoms with Crippen molar-refractivity contribution >= 4 is 23.0 Å². The summed E-state index contributed by atoms with van der Waals surface area (Å²) in [6.07, 6.45) is 1.51. The molecule has 1 amide bonds. The van der Waals surface area contributed by atoms with Gasteiger partial charge in [0, 0.05) is 25.4 Å². The molecular formula is C23H22N4O5. The van der Waals surface area contributed by atoms with Crippen LogP contribution in [0.25, 0.3) is 11.1 Å². The third-order valence-electron chi connectivity index (χ3n) is 4.73. The zero-order chi connectivity index (χ0) is 22.5. The van der Waals surface area contributed by atoms with Gasteiger partial charge in [-0.3, -0.25) is 9.78 Å². The van der Waals surface area contributed by atoms with Gasteiger partial charge in [0.1, 0.15) is 34.2 Å². The average Bonchev–Trinajstić information content (AvgIpc) is 3.24. The summed E-state index contributed by atoms with van der Waals surface area (Å²) in [5, 5.41) is 5.70. The topological polar surface area (TPSA) is 108 Å². The Morgan fingerprint density at radius 3 is 2.50 bits per heavy atom. The number of nitrogens with one attached hydrogen (secondary N) is 2. The number of amides is 1. The van der Waals surface area contributed by atoms with E-state index in [9.17, 15) is 4.79 Å². The number of nitrogens with zero attached hydrogens (tertiary/aromatic N) is 2. The van der Waals surface area contributed by atoms with E-state index in [-0.39, 0.29) is 11.6 Å². The fourth-order valence-corrected chi connectivity index (χ4v) is 3.17. The van der Waals surface area contributed by atoms with Crippen LogP contribution in [0.1, 0.15) is 16.1 Å². The van der Waals surface area contributed by atoms with E-state index in [4.69, 9.17) is 18.6 Å². The van der Waals surface area contributed by atoms with Crippen molar-refractivity contribution in [1.29, 1.82) is 0 Å². The summed E-state index contributed by atoms with van der Waals surface area (Å²) < 4.78 is 22.5. The predicted molar refractivity (Wildman–Crippen MR) is 119 cm³/mol. The van der Waals surface area contributed by atoms with Gasteiger partial charge in [-0.25, -0.2) is 0 Å². The third-order valence-corrected chi connectivity index (χ3v) is 4.73. The highest BCUT2D eigenvalue weighted by molar-refractivity contribution is 5.92. The number of rotatable bonds is 8. The SMILES string of the molecule is CNC(=O)c1cc(Oc2ccc3nc(NCc4c(OC)cccc4OC)oc3c2)ccn1. The Morgan fingerprint density at radius 2 is 1.78 bits per heavy atom. The fraction of sp³-hybridized carbons (Fsp3) is 0.174. The van der Waals surface area contributed by atoms with Gasteiger partial charge >= 0.3 is 0 Å². The van der Waals surface area contributed by atoms with Crippen LogP contribution in [0.2, 0.25) is 0 Å². The van der Waals surface area contributed by atoms with Gasteiger partial charge in [0.25, 0.3) is 11.9 Å². The quantitative estimate of drug-likeness (QED) is 0.428. The van der Waals surface area contributed by atoms with Crippen molar-refractivity contribution in [2.75, 3.05) is 26.6 Å². The summed E-state index contributed by atoms with van der Waals surface area (Å²) in [5.74, 6) is 2.15. The maximum Gasteiger partial charge on any atom is 0.295 e. The van der Waals surface area contributed by atoms with Gasteiger partial charge in [-0.2, -0.15) is 4.98 Å². The lowest BCUT2D eigenvalue weighted by molar-refractivity contribution is 0.0958. The van der Waals surface area contributed by atoms with Crippen molar-refractivity contribution in [1.82, 2.24) is 15.3 Å². The number of anilines is 1. The van der Waals surface area contributed by atoms with Crippen LogP contribution in [0.4, 0.5) is 6.01 Å².